The van der Waals surface area contributed by atoms with Crippen molar-refractivity contribution in [3.05, 3.63) is 48.4 Å². The zero-order chi connectivity index (χ0) is 24.1. The molecule has 4 heterocycles. The Morgan fingerprint density at radius 3 is 2.41 bits per heavy atom. The number of fused-ring (bicyclic) bond motifs is 2. The number of aromatic hydroxyl groups is 1. The predicted molar refractivity (Wildman–Crippen MR) is 129 cm³/mol. The van der Waals surface area contributed by atoms with Gasteiger partial charge in [-0.1, -0.05) is 0 Å². The molecule has 0 unspecified atom stereocenters. The first-order valence-electron chi connectivity index (χ1n) is 11.6. The lowest BCUT2D eigenvalue weighted by Gasteiger charge is -2.45. The number of aromatic nitrogens is 3. The minimum atomic E-state index is -0.572. The van der Waals surface area contributed by atoms with Crippen LogP contribution < -0.4 is 15.0 Å². The first-order valence-corrected chi connectivity index (χ1v) is 11.6. The van der Waals surface area contributed by atoms with Crippen molar-refractivity contribution >= 4 is 5.82 Å². The Hall–Kier alpha value is -3.26. The van der Waals surface area contributed by atoms with Crippen LogP contribution in [0.3, 0.4) is 0 Å². The fourth-order valence-electron chi connectivity index (χ4n) is 5.64. The summed E-state index contributed by atoms with van der Waals surface area (Å²) in [5, 5.41) is 23.1. The summed E-state index contributed by atoms with van der Waals surface area (Å²) in [6.07, 6.45) is 6.02. The van der Waals surface area contributed by atoms with E-state index in [4.69, 9.17) is 4.74 Å². The smallest absolute Gasteiger partial charge is 0.213 e. The van der Waals surface area contributed by atoms with Gasteiger partial charge in [-0.3, -0.25) is 0 Å². The Morgan fingerprint density at radius 2 is 1.79 bits per heavy atom. The van der Waals surface area contributed by atoms with Crippen LogP contribution in [0.15, 0.2) is 42.6 Å². The molecule has 0 spiro atoms. The van der Waals surface area contributed by atoms with E-state index in [9.17, 15) is 5.11 Å². The monoisotopic (exact) mass is 463 g/mol. The standard InChI is InChI=1S/C26H30FN5O2/c1-25-8-9-26(2,31-25)15-18(14-25)32(3)22-6-5-20(29-30-22)24-19(27)11-17(12-21(24)33)16-7-10-28-23(13-16)34-4/h5-7,10-13,18,31,33H,8-9,14-15H2,1-4H3/t18-,25-,26+. The summed E-state index contributed by atoms with van der Waals surface area (Å²) in [4.78, 5) is 6.24. The number of hydrogen-bond acceptors (Lipinski definition) is 7. The first-order chi connectivity index (χ1) is 16.2. The summed E-state index contributed by atoms with van der Waals surface area (Å²) in [7, 11) is 3.56. The number of phenolic OH excluding ortho intramolecular Hbond substituents is 1. The van der Waals surface area contributed by atoms with Crippen molar-refractivity contribution in [2.75, 3.05) is 19.1 Å². The second kappa shape index (κ2) is 8.20. The van der Waals surface area contributed by atoms with Crippen molar-refractivity contribution < 1.29 is 14.2 Å². The molecule has 3 aromatic rings. The lowest BCUT2D eigenvalue weighted by Crippen LogP contribution is -2.58. The largest absolute Gasteiger partial charge is 0.507 e. The number of nitrogens with one attached hydrogen (secondary N) is 1. The minimum Gasteiger partial charge on any atom is -0.507 e. The number of benzene rings is 1. The van der Waals surface area contributed by atoms with Gasteiger partial charge >= 0.3 is 0 Å². The highest BCUT2D eigenvalue weighted by Crippen LogP contribution is 2.44. The van der Waals surface area contributed by atoms with E-state index in [1.807, 2.05) is 13.1 Å². The van der Waals surface area contributed by atoms with Crippen molar-refractivity contribution in [3.63, 3.8) is 0 Å². The molecule has 0 aliphatic carbocycles. The first kappa shape index (κ1) is 22.5. The number of anilines is 1. The summed E-state index contributed by atoms with van der Waals surface area (Å²) < 4.78 is 20.2. The molecule has 34 heavy (non-hydrogen) atoms. The number of methoxy groups -OCH3 is 1. The van der Waals surface area contributed by atoms with E-state index in [1.165, 1.54) is 32.1 Å². The van der Waals surface area contributed by atoms with Gasteiger partial charge in [-0.25, -0.2) is 9.37 Å². The quantitative estimate of drug-likeness (QED) is 0.574. The Kier molecular flexibility index (Phi) is 5.43. The average Bonchev–Trinajstić information content (AvgIpc) is 3.05. The SMILES string of the molecule is COc1cc(-c2cc(O)c(-c3ccc(N(C)[C@H]4C[C@]5(C)CC[C@](C)(C4)N5)nn3)c(F)c2)ccn1. The molecule has 2 N–H and O–H groups in total. The van der Waals surface area contributed by atoms with Crippen LogP contribution in [-0.4, -0.2) is 51.6 Å². The molecule has 2 fully saturated rings. The molecule has 7 nitrogen and oxygen atoms in total. The number of nitrogens with zero attached hydrogens (tertiary/aromatic N) is 4. The van der Waals surface area contributed by atoms with Crippen molar-refractivity contribution in [2.45, 2.75) is 56.7 Å². The van der Waals surface area contributed by atoms with E-state index >= 15 is 4.39 Å². The third kappa shape index (κ3) is 4.07. The third-order valence-electron chi connectivity index (χ3n) is 7.37. The summed E-state index contributed by atoms with van der Waals surface area (Å²) in [6.45, 7) is 4.59. The molecule has 0 amide bonds. The molecule has 1 aromatic carbocycles. The van der Waals surface area contributed by atoms with Crippen LogP contribution in [-0.2, 0) is 0 Å². The number of halogens is 1. The normalized spacial score (nSPS) is 25.9. The third-order valence-corrected chi connectivity index (χ3v) is 7.37. The Bertz CT molecular complexity index is 1180. The fraction of sp³-hybridized carbons (Fsp3) is 0.423. The number of phenols is 1. The second-order valence-corrected chi connectivity index (χ2v) is 10.1. The molecular weight excluding hydrogens is 433 g/mol. The van der Waals surface area contributed by atoms with E-state index in [2.05, 4.69) is 39.2 Å². The lowest BCUT2D eigenvalue weighted by molar-refractivity contribution is 0.207. The van der Waals surface area contributed by atoms with Crippen LogP contribution in [0.2, 0.25) is 0 Å². The molecule has 2 bridgehead atoms. The van der Waals surface area contributed by atoms with Crippen LogP contribution in [0, 0.1) is 5.82 Å². The van der Waals surface area contributed by atoms with Crippen molar-refractivity contribution in [2.24, 2.45) is 0 Å². The van der Waals surface area contributed by atoms with Gasteiger partial charge in [0.25, 0.3) is 0 Å². The molecule has 2 saturated heterocycles. The van der Waals surface area contributed by atoms with E-state index in [0.29, 0.717) is 23.0 Å². The van der Waals surface area contributed by atoms with Crippen LogP contribution >= 0.6 is 0 Å². The highest BCUT2D eigenvalue weighted by Gasteiger charge is 2.49. The summed E-state index contributed by atoms with van der Waals surface area (Å²) >= 11 is 0. The van der Waals surface area contributed by atoms with Gasteiger partial charge in [0.1, 0.15) is 11.6 Å². The zero-order valence-electron chi connectivity index (χ0n) is 20.0. The molecule has 5 rings (SSSR count). The van der Waals surface area contributed by atoms with Crippen LogP contribution in [0.25, 0.3) is 22.4 Å². The molecular formula is C26H30FN5O2. The highest BCUT2D eigenvalue weighted by atomic mass is 19.1. The van der Waals surface area contributed by atoms with Crippen molar-refractivity contribution in [1.82, 2.24) is 20.5 Å². The molecule has 2 aliphatic rings. The van der Waals surface area contributed by atoms with Gasteiger partial charge in [-0.15, -0.1) is 10.2 Å². The molecule has 0 radical (unpaired) electrons. The Balaban J connectivity index is 1.39. The number of rotatable bonds is 5. The van der Waals surface area contributed by atoms with E-state index < -0.39 is 5.82 Å². The van der Waals surface area contributed by atoms with Gasteiger partial charge < -0.3 is 20.1 Å². The van der Waals surface area contributed by atoms with Gasteiger partial charge in [0.05, 0.1) is 18.4 Å². The highest BCUT2D eigenvalue weighted by molar-refractivity contribution is 5.75. The van der Waals surface area contributed by atoms with Gasteiger partial charge in [-0.2, -0.15) is 0 Å². The van der Waals surface area contributed by atoms with Gasteiger partial charge in [0, 0.05) is 36.4 Å². The van der Waals surface area contributed by atoms with E-state index in [0.717, 1.165) is 18.7 Å². The number of piperidine rings is 1. The van der Waals surface area contributed by atoms with E-state index in [-0.39, 0.29) is 28.1 Å². The van der Waals surface area contributed by atoms with Crippen molar-refractivity contribution in [1.29, 1.82) is 0 Å². The van der Waals surface area contributed by atoms with E-state index in [1.54, 1.807) is 24.4 Å². The second-order valence-electron chi connectivity index (χ2n) is 10.1. The fourth-order valence-corrected chi connectivity index (χ4v) is 5.64. The maximum atomic E-state index is 15.1. The zero-order valence-corrected chi connectivity index (χ0v) is 20.0. The summed E-state index contributed by atoms with van der Waals surface area (Å²) in [6, 6.07) is 10.2. The minimum absolute atomic E-state index is 0.0337. The number of hydrogen-bond donors (Lipinski definition) is 2. The average molecular weight is 464 g/mol. The van der Waals surface area contributed by atoms with Crippen molar-refractivity contribution in [3.8, 4) is 34.0 Å². The number of ether oxygens (including phenoxy) is 1. The molecule has 0 saturated carbocycles. The van der Waals surface area contributed by atoms with Crippen LogP contribution in [0.5, 0.6) is 11.6 Å². The summed E-state index contributed by atoms with van der Waals surface area (Å²) in [5.74, 6) is 0.383. The Labute approximate surface area is 199 Å². The Morgan fingerprint density at radius 1 is 1.06 bits per heavy atom. The van der Waals surface area contributed by atoms with Gasteiger partial charge in [0.15, 0.2) is 5.82 Å². The van der Waals surface area contributed by atoms with Gasteiger partial charge in [0.2, 0.25) is 5.88 Å². The molecule has 8 heteroatoms. The molecule has 3 atom stereocenters. The lowest BCUT2D eigenvalue weighted by atomic mass is 9.84. The molecule has 178 valence electrons. The van der Waals surface area contributed by atoms with Gasteiger partial charge in [-0.05, 0) is 81.0 Å². The molecule has 2 aliphatic heterocycles. The topological polar surface area (TPSA) is 83.4 Å². The maximum absolute atomic E-state index is 15.1. The summed E-state index contributed by atoms with van der Waals surface area (Å²) in [5.41, 5.74) is 1.82. The van der Waals surface area contributed by atoms with Crippen LogP contribution in [0.4, 0.5) is 10.2 Å². The predicted octanol–water partition coefficient (Wildman–Crippen LogP) is 4.56. The maximum Gasteiger partial charge on any atom is 0.213 e. The van der Waals surface area contributed by atoms with Crippen LogP contribution in [0.1, 0.15) is 39.5 Å². The number of pyridine rings is 1. The molecule has 2 aromatic heterocycles.